The number of nitrogens with zero attached hydrogens (tertiary/aromatic N) is 2. The molecule has 1 heterocycles. The highest BCUT2D eigenvalue weighted by molar-refractivity contribution is 7.99. The summed E-state index contributed by atoms with van der Waals surface area (Å²) >= 11 is 0.985. The molecule has 0 saturated carbocycles. The van der Waals surface area contributed by atoms with Crippen molar-refractivity contribution in [1.82, 2.24) is 9.97 Å². The Morgan fingerprint density at radius 3 is 2.76 bits per heavy atom. The zero-order chi connectivity index (χ0) is 12.3. The van der Waals surface area contributed by atoms with E-state index in [0.29, 0.717) is 4.90 Å². The highest BCUT2D eigenvalue weighted by Gasteiger charge is 2.09. The Bertz CT molecular complexity index is 563. The van der Waals surface area contributed by atoms with Gasteiger partial charge in [0, 0.05) is 6.20 Å². The molecule has 4 nitrogen and oxygen atoms in total. The van der Waals surface area contributed by atoms with E-state index in [9.17, 15) is 9.18 Å². The number of hydrogen-bond donors (Lipinski definition) is 1. The molecule has 1 aromatic carbocycles. The lowest BCUT2D eigenvalue weighted by Gasteiger charge is -2.01. The van der Waals surface area contributed by atoms with Gasteiger partial charge in [0.1, 0.15) is 5.82 Å². The molecule has 0 bridgehead atoms. The maximum Gasteiger partial charge on any atom is 0.354 e. The number of carboxylic acids is 1. The number of rotatable bonds is 3. The second kappa shape index (κ2) is 4.92. The van der Waals surface area contributed by atoms with E-state index in [2.05, 4.69) is 9.97 Å². The maximum atomic E-state index is 13.3. The molecule has 17 heavy (non-hydrogen) atoms. The van der Waals surface area contributed by atoms with E-state index in [4.69, 9.17) is 5.11 Å². The summed E-state index contributed by atoms with van der Waals surface area (Å²) in [6.45, 7) is 0. The van der Waals surface area contributed by atoms with Crippen LogP contribution in [-0.4, -0.2) is 21.0 Å². The minimum absolute atomic E-state index is 0.112. The van der Waals surface area contributed by atoms with Gasteiger partial charge < -0.3 is 5.11 Å². The number of aromatic carboxylic acids is 1. The van der Waals surface area contributed by atoms with Gasteiger partial charge >= 0.3 is 5.97 Å². The maximum absolute atomic E-state index is 13.3. The van der Waals surface area contributed by atoms with E-state index in [1.54, 1.807) is 18.2 Å². The van der Waals surface area contributed by atoms with E-state index in [0.717, 1.165) is 11.8 Å². The van der Waals surface area contributed by atoms with E-state index in [1.165, 1.54) is 18.3 Å². The fourth-order valence-corrected chi connectivity index (χ4v) is 1.90. The predicted octanol–water partition coefficient (Wildman–Crippen LogP) is 2.47. The Labute approximate surface area is 101 Å². The van der Waals surface area contributed by atoms with Crippen LogP contribution < -0.4 is 0 Å². The molecular weight excluding hydrogens is 243 g/mol. The number of benzene rings is 1. The molecule has 0 aliphatic carbocycles. The summed E-state index contributed by atoms with van der Waals surface area (Å²) in [4.78, 5) is 18.7. The molecule has 0 aliphatic rings. The molecule has 2 aromatic rings. The highest BCUT2D eigenvalue weighted by atomic mass is 32.2. The number of halogens is 1. The molecule has 1 aromatic heterocycles. The summed E-state index contributed by atoms with van der Waals surface area (Å²) in [6, 6.07) is 7.45. The van der Waals surface area contributed by atoms with Gasteiger partial charge in [0.05, 0.1) is 4.90 Å². The van der Waals surface area contributed by atoms with Gasteiger partial charge in [-0.3, -0.25) is 0 Å². The van der Waals surface area contributed by atoms with Crippen molar-refractivity contribution in [3.63, 3.8) is 0 Å². The quantitative estimate of drug-likeness (QED) is 0.848. The van der Waals surface area contributed by atoms with Gasteiger partial charge in [-0.15, -0.1) is 0 Å². The fourth-order valence-electron chi connectivity index (χ4n) is 1.13. The van der Waals surface area contributed by atoms with Crippen LogP contribution in [0.5, 0.6) is 0 Å². The molecule has 0 fully saturated rings. The van der Waals surface area contributed by atoms with Crippen LogP contribution in [0.3, 0.4) is 0 Å². The van der Waals surface area contributed by atoms with Crippen molar-refractivity contribution in [2.24, 2.45) is 0 Å². The van der Waals surface area contributed by atoms with Crippen molar-refractivity contribution in [2.45, 2.75) is 10.1 Å². The van der Waals surface area contributed by atoms with Crippen LogP contribution in [0, 0.1) is 5.82 Å². The summed E-state index contributed by atoms with van der Waals surface area (Å²) in [7, 11) is 0. The lowest BCUT2D eigenvalue weighted by atomic mass is 10.3. The van der Waals surface area contributed by atoms with Gasteiger partial charge in [0.2, 0.25) is 0 Å². The number of carboxylic acid groups (broad SMARTS) is 1. The first-order valence-corrected chi connectivity index (χ1v) is 5.47. The molecule has 0 atom stereocenters. The zero-order valence-corrected chi connectivity index (χ0v) is 9.32. The Balaban J connectivity index is 2.28. The monoisotopic (exact) mass is 250 g/mol. The SMILES string of the molecule is O=C(O)c1ccnc(Sc2ccccc2F)n1. The standard InChI is InChI=1S/C11H7FN2O2S/c12-7-3-1-2-4-9(7)17-11-13-6-5-8(14-11)10(15)16/h1-6H,(H,15,16). The zero-order valence-electron chi connectivity index (χ0n) is 8.50. The Morgan fingerprint density at radius 2 is 2.06 bits per heavy atom. The van der Waals surface area contributed by atoms with E-state index < -0.39 is 5.97 Å². The average Bonchev–Trinajstić information content (AvgIpc) is 2.32. The third kappa shape index (κ3) is 2.79. The first-order valence-electron chi connectivity index (χ1n) is 4.65. The second-order valence-electron chi connectivity index (χ2n) is 3.06. The van der Waals surface area contributed by atoms with Gasteiger partial charge in [0.15, 0.2) is 10.9 Å². The summed E-state index contributed by atoms with van der Waals surface area (Å²) in [5, 5.41) is 8.96. The van der Waals surface area contributed by atoms with Gasteiger partial charge in [-0.1, -0.05) is 12.1 Å². The summed E-state index contributed by atoms with van der Waals surface area (Å²) in [5.74, 6) is -1.52. The average molecular weight is 250 g/mol. The first-order chi connectivity index (χ1) is 8.16. The van der Waals surface area contributed by atoms with Crippen molar-refractivity contribution in [1.29, 1.82) is 0 Å². The number of hydrogen-bond acceptors (Lipinski definition) is 4. The minimum Gasteiger partial charge on any atom is -0.477 e. The lowest BCUT2D eigenvalue weighted by molar-refractivity contribution is 0.0689. The van der Waals surface area contributed by atoms with Gasteiger partial charge in [-0.2, -0.15) is 0 Å². The van der Waals surface area contributed by atoms with E-state index in [-0.39, 0.29) is 16.7 Å². The van der Waals surface area contributed by atoms with Gasteiger partial charge in [0.25, 0.3) is 0 Å². The van der Waals surface area contributed by atoms with Crippen LogP contribution in [0.25, 0.3) is 0 Å². The first kappa shape index (κ1) is 11.5. The predicted molar refractivity (Wildman–Crippen MR) is 59.5 cm³/mol. The van der Waals surface area contributed by atoms with Crippen LogP contribution in [0.2, 0.25) is 0 Å². The Kier molecular flexibility index (Phi) is 3.34. The second-order valence-corrected chi connectivity index (χ2v) is 4.07. The molecule has 1 N–H and O–H groups in total. The Hall–Kier alpha value is -1.95. The Morgan fingerprint density at radius 1 is 1.29 bits per heavy atom. The van der Waals surface area contributed by atoms with Crippen molar-refractivity contribution < 1.29 is 14.3 Å². The molecule has 2 rings (SSSR count). The summed E-state index contributed by atoms with van der Waals surface area (Å²) in [6.07, 6.45) is 1.33. The third-order valence-corrected chi connectivity index (χ3v) is 2.82. The number of carbonyl (C=O) groups is 1. The van der Waals surface area contributed by atoms with Crippen molar-refractivity contribution >= 4 is 17.7 Å². The van der Waals surface area contributed by atoms with E-state index in [1.807, 2.05) is 0 Å². The molecule has 0 saturated heterocycles. The topological polar surface area (TPSA) is 63.1 Å². The van der Waals surface area contributed by atoms with E-state index >= 15 is 0 Å². The molecule has 0 radical (unpaired) electrons. The molecule has 0 aliphatic heterocycles. The molecule has 6 heteroatoms. The minimum atomic E-state index is -1.14. The molecule has 0 spiro atoms. The molecular formula is C11H7FN2O2S. The van der Waals surface area contributed by atoms with Crippen LogP contribution in [0.4, 0.5) is 4.39 Å². The van der Waals surface area contributed by atoms with Gasteiger partial charge in [-0.25, -0.2) is 19.2 Å². The van der Waals surface area contributed by atoms with Crippen molar-refractivity contribution in [3.8, 4) is 0 Å². The smallest absolute Gasteiger partial charge is 0.354 e. The van der Waals surface area contributed by atoms with Crippen LogP contribution in [0.15, 0.2) is 46.6 Å². The lowest BCUT2D eigenvalue weighted by Crippen LogP contribution is -2.01. The normalized spacial score (nSPS) is 10.2. The summed E-state index contributed by atoms with van der Waals surface area (Å²) in [5.41, 5.74) is -0.112. The molecule has 0 amide bonds. The largest absolute Gasteiger partial charge is 0.477 e. The highest BCUT2D eigenvalue weighted by Crippen LogP contribution is 2.26. The van der Waals surface area contributed by atoms with Crippen molar-refractivity contribution in [2.75, 3.05) is 0 Å². The van der Waals surface area contributed by atoms with Crippen LogP contribution in [-0.2, 0) is 0 Å². The summed E-state index contributed by atoms with van der Waals surface area (Å²) < 4.78 is 13.3. The third-order valence-electron chi connectivity index (χ3n) is 1.89. The number of aromatic nitrogens is 2. The fraction of sp³-hybridized carbons (Fsp3) is 0. The molecule has 86 valence electrons. The van der Waals surface area contributed by atoms with Gasteiger partial charge in [-0.05, 0) is 30.0 Å². The molecule has 0 unspecified atom stereocenters. The van der Waals surface area contributed by atoms with Crippen molar-refractivity contribution in [3.05, 3.63) is 48.0 Å². The van der Waals surface area contributed by atoms with Crippen LogP contribution in [0.1, 0.15) is 10.5 Å². The van der Waals surface area contributed by atoms with Crippen LogP contribution >= 0.6 is 11.8 Å².